The first-order valence-corrected chi connectivity index (χ1v) is 25.8. The molecule has 0 spiro atoms. The number of methoxy groups -OCH3 is 1. The van der Waals surface area contributed by atoms with Crippen molar-refractivity contribution in [3.8, 4) is 11.8 Å². The Labute approximate surface area is 325 Å². The molecule has 296 valence electrons. The molecule has 0 bridgehead atoms. The highest BCUT2D eigenvalue weighted by atomic mass is 32.2. The second kappa shape index (κ2) is 16.4. The molecule has 0 amide bonds. The second-order valence-corrected chi connectivity index (χ2v) is 29.6. The van der Waals surface area contributed by atoms with Gasteiger partial charge in [0.05, 0.1) is 16.9 Å². The third-order valence-corrected chi connectivity index (χ3v) is 24.8. The first-order valence-electron chi connectivity index (χ1n) is 19.2. The number of nitrogens with zero attached hydrogens (tertiary/aromatic N) is 2. The minimum absolute atomic E-state index is 0.00541. The van der Waals surface area contributed by atoms with Crippen LogP contribution in [0.3, 0.4) is 0 Å². The predicted octanol–water partition coefficient (Wildman–Crippen LogP) is 9.71. The van der Waals surface area contributed by atoms with Crippen molar-refractivity contribution in [3.63, 3.8) is 0 Å². The van der Waals surface area contributed by atoms with Crippen molar-refractivity contribution < 1.29 is 27.3 Å². The summed E-state index contributed by atoms with van der Waals surface area (Å²) < 4.78 is 44.7. The van der Waals surface area contributed by atoms with Crippen LogP contribution in [-0.2, 0) is 30.4 Å². The lowest BCUT2D eigenvalue weighted by atomic mass is 9.85. The van der Waals surface area contributed by atoms with E-state index in [0.717, 1.165) is 78.4 Å². The number of nitro benzene ring substituents is 1. The van der Waals surface area contributed by atoms with Crippen LogP contribution in [0.1, 0.15) is 106 Å². The number of rotatable bonds is 13. The van der Waals surface area contributed by atoms with Gasteiger partial charge in [-0.25, -0.2) is 8.42 Å². The van der Waals surface area contributed by atoms with Crippen LogP contribution >= 0.6 is 0 Å². The molecule has 3 aromatic rings. The van der Waals surface area contributed by atoms with Gasteiger partial charge in [0.15, 0.2) is 16.6 Å². The third-order valence-electron chi connectivity index (χ3n) is 12.0. The van der Waals surface area contributed by atoms with Crippen LogP contribution in [-0.4, -0.2) is 58.8 Å². The van der Waals surface area contributed by atoms with Gasteiger partial charge >= 0.3 is 5.97 Å². The molecular formula is C41H61N3O7SSi2. The molecule has 1 N–H and O–H groups in total. The number of benzene rings is 2. The molecule has 0 saturated heterocycles. The predicted molar refractivity (Wildman–Crippen MR) is 222 cm³/mol. The van der Waals surface area contributed by atoms with Crippen LogP contribution in [0.2, 0.25) is 34.8 Å². The first-order chi connectivity index (χ1) is 25.0. The summed E-state index contributed by atoms with van der Waals surface area (Å²) in [7, 11) is -7.57. The number of hydrogen-bond donors (Lipinski definition) is 1. The van der Waals surface area contributed by atoms with E-state index >= 15 is 0 Å². The fraction of sp³-hybridized carbons (Fsp3) is 0.585. The van der Waals surface area contributed by atoms with Gasteiger partial charge < -0.3 is 13.4 Å². The smallest absolute Gasteiger partial charge is 0.324 e. The maximum Gasteiger partial charge on any atom is 0.324 e. The number of esters is 1. The Morgan fingerprint density at radius 1 is 0.981 bits per heavy atom. The molecule has 4 rings (SSSR count). The highest BCUT2D eigenvalue weighted by molar-refractivity contribution is 7.89. The molecule has 1 aliphatic rings. The van der Waals surface area contributed by atoms with Gasteiger partial charge in [0.1, 0.15) is 11.6 Å². The monoisotopic (exact) mass is 795 g/mol. The summed E-state index contributed by atoms with van der Waals surface area (Å²) in [5.41, 5.74) is 2.89. The Balaban J connectivity index is 1.96. The molecule has 1 heterocycles. The molecule has 13 heteroatoms. The SMILES string of the molecule is COC(=O)[C@H](Cc1cn([Si](C(C)C)(C(C)C)C(C)C)c2cccc(C#CC3(O[Si](C)(C)C(C)(C)C)CCCCC3)c12)NS(=O)(=O)c1ccc([N+](=O)[O-])cc1. The second-order valence-electron chi connectivity index (χ2n) is 17.4. The lowest BCUT2D eigenvalue weighted by molar-refractivity contribution is -0.384. The number of nitrogens with one attached hydrogen (secondary N) is 1. The molecule has 1 fully saturated rings. The van der Waals surface area contributed by atoms with Gasteiger partial charge in [0.25, 0.3) is 5.69 Å². The van der Waals surface area contributed by atoms with Gasteiger partial charge in [-0.1, -0.05) is 86.6 Å². The van der Waals surface area contributed by atoms with Crippen LogP contribution in [0, 0.1) is 22.0 Å². The van der Waals surface area contributed by atoms with Gasteiger partial charge in [-0.2, -0.15) is 4.72 Å². The number of sulfonamides is 1. The summed E-state index contributed by atoms with van der Waals surface area (Å²) >= 11 is 0. The molecule has 1 aliphatic carbocycles. The van der Waals surface area contributed by atoms with Gasteiger partial charge in [0, 0.05) is 35.0 Å². The standard InChI is InChI=1S/C41H61N3O7SSi2/c1-29(2)54(30(3)4,31(5)6)43-28-33(27-36(39(45)50-10)42-52(48,49)35-21-19-34(20-22-35)44(46)47)38-32(17-16-18-37(38)43)23-26-41(24-14-13-15-25-41)51-53(11,12)40(7,8)9/h16-22,28-31,36,42H,13-15,24-25,27H2,1-12H3/t36-/m0/s1. The summed E-state index contributed by atoms with van der Waals surface area (Å²) in [6.07, 6.45) is 7.15. The normalized spacial score (nSPS) is 16.1. The average Bonchev–Trinajstić information content (AvgIpc) is 3.44. The van der Waals surface area contributed by atoms with E-state index in [1.165, 1.54) is 7.11 Å². The number of fused-ring (bicyclic) bond motifs is 1. The molecule has 1 aromatic heterocycles. The zero-order valence-corrected chi connectivity index (χ0v) is 37.1. The molecular weight excluding hydrogens is 735 g/mol. The minimum Gasteiger partial charge on any atom is -0.468 e. The molecule has 1 atom stereocenters. The van der Waals surface area contributed by atoms with Crippen molar-refractivity contribution in [2.75, 3.05) is 7.11 Å². The highest BCUT2D eigenvalue weighted by Crippen LogP contribution is 2.46. The van der Waals surface area contributed by atoms with E-state index < -0.39 is 49.1 Å². The van der Waals surface area contributed by atoms with E-state index in [9.17, 15) is 23.3 Å². The van der Waals surface area contributed by atoms with Crippen LogP contribution in [0.15, 0.2) is 53.6 Å². The van der Waals surface area contributed by atoms with Crippen molar-refractivity contribution in [2.24, 2.45) is 0 Å². The fourth-order valence-electron chi connectivity index (χ4n) is 8.52. The van der Waals surface area contributed by atoms with E-state index in [1.54, 1.807) is 0 Å². The number of hydrogen-bond acceptors (Lipinski definition) is 7. The lowest BCUT2D eigenvalue weighted by Gasteiger charge is -2.45. The summed E-state index contributed by atoms with van der Waals surface area (Å²) in [6, 6.07) is 9.48. The van der Waals surface area contributed by atoms with Crippen molar-refractivity contribution >= 4 is 49.1 Å². The molecule has 2 aromatic carbocycles. The molecule has 54 heavy (non-hydrogen) atoms. The molecule has 0 radical (unpaired) electrons. The van der Waals surface area contributed by atoms with Gasteiger partial charge in [-0.05, 0) is 96.5 Å². The van der Waals surface area contributed by atoms with Crippen LogP contribution < -0.4 is 4.72 Å². The van der Waals surface area contributed by atoms with Crippen molar-refractivity contribution in [1.82, 2.24) is 8.95 Å². The Morgan fingerprint density at radius 3 is 2.06 bits per heavy atom. The quantitative estimate of drug-likeness (QED) is 0.0600. The Bertz CT molecular complexity index is 1980. The van der Waals surface area contributed by atoms with Gasteiger partial charge in [-0.15, -0.1) is 0 Å². The zero-order chi connectivity index (χ0) is 40.4. The van der Waals surface area contributed by atoms with Crippen LogP contribution in [0.4, 0.5) is 5.69 Å². The topological polar surface area (TPSA) is 130 Å². The maximum atomic E-state index is 13.7. The number of carbonyl (C=O) groups is 1. The molecule has 0 aliphatic heterocycles. The van der Waals surface area contributed by atoms with Gasteiger partial charge in [0.2, 0.25) is 10.0 Å². The number of ether oxygens (including phenoxy) is 1. The van der Waals surface area contributed by atoms with Crippen molar-refractivity contribution in [3.05, 3.63) is 69.9 Å². The number of nitro groups is 1. The Kier molecular flexibility index (Phi) is 13.2. The Hall–Kier alpha value is -3.29. The summed E-state index contributed by atoms with van der Waals surface area (Å²) in [4.78, 5) is 23.9. The van der Waals surface area contributed by atoms with E-state index in [0.29, 0.717) is 16.6 Å². The fourth-order valence-corrected chi connectivity index (χ4v) is 17.9. The summed E-state index contributed by atoms with van der Waals surface area (Å²) in [5.74, 6) is 6.56. The zero-order valence-electron chi connectivity index (χ0n) is 34.3. The Morgan fingerprint density at radius 2 is 1.56 bits per heavy atom. The van der Waals surface area contributed by atoms with Crippen molar-refractivity contribution in [2.45, 2.75) is 152 Å². The number of non-ortho nitro benzene ring substituents is 1. The van der Waals surface area contributed by atoms with E-state index in [4.69, 9.17) is 9.16 Å². The molecule has 10 nitrogen and oxygen atoms in total. The van der Waals surface area contributed by atoms with Gasteiger partial charge in [-0.3, -0.25) is 14.9 Å². The molecule has 1 saturated carbocycles. The molecule has 0 unspecified atom stereocenters. The summed E-state index contributed by atoms with van der Waals surface area (Å²) in [6.45, 7) is 25.1. The average molecular weight is 796 g/mol. The first kappa shape index (κ1) is 43.4. The van der Waals surface area contributed by atoms with E-state index in [1.807, 2.05) is 12.1 Å². The lowest BCUT2D eigenvalue weighted by Crippen LogP contribution is -2.51. The van der Waals surface area contributed by atoms with E-state index in [-0.39, 0.29) is 22.0 Å². The maximum absolute atomic E-state index is 13.7. The number of carbonyl (C=O) groups excluding carboxylic acids is 1. The van der Waals surface area contributed by atoms with Crippen LogP contribution in [0.25, 0.3) is 10.9 Å². The largest absolute Gasteiger partial charge is 0.468 e. The highest BCUT2D eigenvalue weighted by Gasteiger charge is 2.47. The summed E-state index contributed by atoms with van der Waals surface area (Å²) in [5, 5.41) is 12.1. The number of aromatic nitrogens is 1. The van der Waals surface area contributed by atoms with Crippen LogP contribution in [0.5, 0.6) is 0 Å². The third kappa shape index (κ3) is 8.73. The minimum atomic E-state index is -4.28. The van der Waals surface area contributed by atoms with E-state index in [2.05, 4.69) is 108 Å². The van der Waals surface area contributed by atoms with Crippen molar-refractivity contribution in [1.29, 1.82) is 0 Å².